The molecule has 44 heavy (non-hydrogen) atoms. The van der Waals surface area contributed by atoms with Crippen molar-refractivity contribution in [2.75, 3.05) is 18.4 Å². The molecule has 0 bridgehead atoms. The summed E-state index contributed by atoms with van der Waals surface area (Å²) in [6.45, 7) is 0.818. The maximum Gasteiger partial charge on any atom is 0.418 e. The average Bonchev–Trinajstić information content (AvgIpc) is 3.32. The Bertz CT molecular complexity index is 1950. The lowest BCUT2D eigenvalue weighted by Gasteiger charge is -2.26. The number of likely N-dealkylation sites (tertiary alicyclic amines) is 1. The Hall–Kier alpha value is -4.66. The molecule has 1 saturated heterocycles. The second-order valence-corrected chi connectivity index (χ2v) is 11.5. The van der Waals surface area contributed by atoms with Crippen molar-refractivity contribution in [1.29, 1.82) is 5.26 Å². The molecule has 7 nitrogen and oxygen atoms in total. The van der Waals surface area contributed by atoms with Gasteiger partial charge in [0, 0.05) is 29.4 Å². The molecule has 1 fully saturated rings. The van der Waals surface area contributed by atoms with Gasteiger partial charge in [0.25, 0.3) is 17.4 Å². The maximum atomic E-state index is 14.1. The van der Waals surface area contributed by atoms with E-state index in [4.69, 9.17) is 11.6 Å². The van der Waals surface area contributed by atoms with Crippen LogP contribution in [0.15, 0.2) is 77.6 Å². The van der Waals surface area contributed by atoms with E-state index in [1.165, 1.54) is 23.1 Å². The highest BCUT2D eigenvalue weighted by Gasteiger charge is 2.35. The zero-order valence-corrected chi connectivity index (χ0v) is 24.6. The number of para-hydroxylation sites is 1. The molecule has 2 heterocycles. The fourth-order valence-corrected chi connectivity index (χ4v) is 6.10. The minimum absolute atomic E-state index is 0.00245. The highest BCUT2D eigenvalue weighted by molar-refractivity contribution is 7.07. The van der Waals surface area contributed by atoms with E-state index in [2.05, 4.69) is 5.32 Å². The van der Waals surface area contributed by atoms with E-state index in [1.807, 2.05) is 6.07 Å². The monoisotopic (exact) mass is 636 g/mol. The molecule has 2 amide bonds. The number of thiazole rings is 1. The number of nitrogens with zero attached hydrogens (tertiary/aromatic N) is 3. The van der Waals surface area contributed by atoms with Crippen LogP contribution in [0.4, 0.5) is 18.9 Å². The number of nitrogens with one attached hydrogen (secondary N) is 1. The van der Waals surface area contributed by atoms with Crippen LogP contribution in [0.2, 0.25) is 5.02 Å². The predicted molar refractivity (Wildman–Crippen MR) is 163 cm³/mol. The molecule has 4 aromatic rings. The second-order valence-electron chi connectivity index (χ2n) is 10.00. The molecule has 12 heteroatoms. The summed E-state index contributed by atoms with van der Waals surface area (Å²) in [5.41, 5.74) is -1.56. The molecule has 5 rings (SSSR count). The summed E-state index contributed by atoms with van der Waals surface area (Å²) in [6, 6.07) is 19.2. The van der Waals surface area contributed by atoms with E-state index in [9.17, 15) is 32.8 Å². The summed E-state index contributed by atoms with van der Waals surface area (Å²) < 4.78 is 42.8. The molecule has 1 N–H and O–H groups in total. The number of carbonyl (C=O) groups is 2. The molecule has 224 valence electrons. The summed E-state index contributed by atoms with van der Waals surface area (Å²) in [5, 5.41) is 13.3. The van der Waals surface area contributed by atoms with E-state index >= 15 is 0 Å². The average molecular weight is 637 g/mol. The van der Waals surface area contributed by atoms with Crippen molar-refractivity contribution in [1.82, 2.24) is 9.47 Å². The van der Waals surface area contributed by atoms with Crippen molar-refractivity contribution < 1.29 is 22.8 Å². The fourth-order valence-electron chi connectivity index (χ4n) is 4.88. The maximum absolute atomic E-state index is 14.1. The van der Waals surface area contributed by atoms with Gasteiger partial charge in [0.15, 0.2) is 5.57 Å². The Morgan fingerprint density at radius 2 is 1.68 bits per heavy atom. The molecule has 1 aliphatic heterocycles. The first-order chi connectivity index (χ1) is 21.1. The predicted octanol–water partition coefficient (Wildman–Crippen LogP) is 5.34. The first-order valence-corrected chi connectivity index (χ1v) is 14.8. The lowest BCUT2D eigenvalue weighted by Crippen LogP contribution is -2.39. The number of benzene rings is 3. The normalized spacial score (nSPS) is 14.6. The summed E-state index contributed by atoms with van der Waals surface area (Å²) in [7, 11) is 0. The van der Waals surface area contributed by atoms with Gasteiger partial charge in [0.2, 0.25) is 0 Å². The van der Waals surface area contributed by atoms with E-state index in [0.717, 1.165) is 47.3 Å². The zero-order valence-electron chi connectivity index (χ0n) is 23.0. The Labute approximate surface area is 258 Å². The molecule has 0 atom stereocenters. The molecule has 0 unspecified atom stereocenters. The number of carbonyl (C=O) groups excluding carboxylic acids is 2. The van der Waals surface area contributed by atoms with Crippen LogP contribution in [-0.2, 0) is 11.0 Å². The molecule has 0 aliphatic carbocycles. The second kappa shape index (κ2) is 12.9. The number of amides is 2. The molecular formula is C32H24ClF3N4O3S. The van der Waals surface area contributed by atoms with Gasteiger partial charge in [-0.2, -0.15) is 18.4 Å². The van der Waals surface area contributed by atoms with Gasteiger partial charge in [0.1, 0.15) is 10.7 Å². The topological polar surface area (TPSA) is 95.2 Å². The Morgan fingerprint density at radius 3 is 2.36 bits per heavy atom. The van der Waals surface area contributed by atoms with Gasteiger partial charge < -0.3 is 10.2 Å². The number of rotatable bonds is 5. The molecule has 0 radical (unpaired) electrons. The Balaban J connectivity index is 1.66. The minimum atomic E-state index is -4.81. The highest BCUT2D eigenvalue weighted by Crippen LogP contribution is 2.33. The minimum Gasteiger partial charge on any atom is -0.338 e. The van der Waals surface area contributed by atoms with Gasteiger partial charge in [-0.1, -0.05) is 35.9 Å². The zero-order chi connectivity index (χ0) is 31.4. The van der Waals surface area contributed by atoms with Crippen LogP contribution in [0.5, 0.6) is 0 Å². The quantitative estimate of drug-likeness (QED) is 0.320. The number of alkyl halides is 3. The first-order valence-electron chi connectivity index (χ1n) is 13.6. The highest BCUT2D eigenvalue weighted by atomic mass is 35.5. The third-order valence-electron chi connectivity index (χ3n) is 7.01. The van der Waals surface area contributed by atoms with Gasteiger partial charge in [-0.3, -0.25) is 19.0 Å². The molecule has 1 aromatic heterocycles. The van der Waals surface area contributed by atoms with E-state index in [-0.39, 0.29) is 9.20 Å². The van der Waals surface area contributed by atoms with Crippen molar-refractivity contribution in [3.63, 3.8) is 0 Å². The van der Waals surface area contributed by atoms with Crippen molar-refractivity contribution in [2.45, 2.75) is 25.4 Å². The van der Waals surface area contributed by atoms with E-state index in [0.29, 0.717) is 34.9 Å². The SMILES string of the molecule is N#C/C(C(=O)N1CCCCC1)=c1/s/c(=C/c2cccc(NC(=O)c3ccc(Cl)cc3)c2)c(=O)n1-c1ccccc1C(F)(F)F. The van der Waals surface area contributed by atoms with Crippen LogP contribution >= 0.6 is 22.9 Å². The van der Waals surface area contributed by atoms with Crippen LogP contribution < -0.4 is 20.1 Å². The van der Waals surface area contributed by atoms with Crippen molar-refractivity contribution in [2.24, 2.45) is 0 Å². The molecule has 0 saturated carbocycles. The number of aromatic nitrogens is 1. The summed E-state index contributed by atoms with van der Waals surface area (Å²) >= 11 is 6.66. The lowest BCUT2D eigenvalue weighted by atomic mass is 10.1. The Kier molecular flexibility index (Phi) is 9.04. The van der Waals surface area contributed by atoms with Crippen LogP contribution in [0.1, 0.15) is 40.7 Å². The standard InChI is InChI=1S/C32H24ClF3N4O3S/c33-22-13-11-21(12-14-22)28(41)38-23-8-6-7-20(17-23)18-27-30(43)40(26-10-3-2-9-25(26)32(34,35)36)31(44-27)24(19-37)29(42)39-15-4-1-5-16-39/h2-3,6-14,17-18H,1,4-5,15-16H2,(H,38,41)/b27-18+,31-24-. The summed E-state index contributed by atoms with van der Waals surface area (Å²) in [6.07, 6.45) is -0.960. The number of hydrogen-bond donors (Lipinski definition) is 1. The lowest BCUT2D eigenvalue weighted by molar-refractivity contribution is -0.137. The number of halogens is 4. The number of nitriles is 1. The third kappa shape index (κ3) is 6.61. The molecule has 3 aromatic carbocycles. The number of anilines is 1. The smallest absolute Gasteiger partial charge is 0.338 e. The number of piperidine rings is 1. The van der Waals surface area contributed by atoms with Gasteiger partial charge >= 0.3 is 6.18 Å². The van der Waals surface area contributed by atoms with Gasteiger partial charge in [0.05, 0.1) is 15.8 Å². The van der Waals surface area contributed by atoms with Crippen LogP contribution in [0, 0.1) is 11.3 Å². The largest absolute Gasteiger partial charge is 0.418 e. The van der Waals surface area contributed by atoms with Crippen molar-refractivity contribution >= 4 is 52.1 Å². The third-order valence-corrected chi connectivity index (χ3v) is 8.35. The molecular weight excluding hydrogens is 613 g/mol. The Morgan fingerprint density at radius 1 is 0.977 bits per heavy atom. The fraction of sp³-hybridized carbons (Fsp3) is 0.188. The van der Waals surface area contributed by atoms with Crippen LogP contribution in [-0.4, -0.2) is 34.4 Å². The summed E-state index contributed by atoms with van der Waals surface area (Å²) in [5.74, 6) is -1.03. The summed E-state index contributed by atoms with van der Waals surface area (Å²) in [4.78, 5) is 41.4. The van der Waals surface area contributed by atoms with Crippen LogP contribution in [0.3, 0.4) is 0 Å². The van der Waals surface area contributed by atoms with Crippen molar-refractivity contribution in [3.8, 4) is 11.8 Å². The molecule has 1 aliphatic rings. The van der Waals surface area contributed by atoms with Gasteiger partial charge in [-0.15, -0.1) is 11.3 Å². The number of hydrogen-bond acceptors (Lipinski definition) is 5. The van der Waals surface area contributed by atoms with E-state index < -0.39 is 40.4 Å². The van der Waals surface area contributed by atoms with Gasteiger partial charge in [-0.05, 0) is 79.4 Å². The molecule has 0 spiro atoms. The van der Waals surface area contributed by atoms with Crippen LogP contribution in [0.25, 0.3) is 17.3 Å². The first kappa shape index (κ1) is 30.8. The van der Waals surface area contributed by atoms with Crippen molar-refractivity contribution in [3.05, 3.63) is 114 Å². The van der Waals surface area contributed by atoms with E-state index in [1.54, 1.807) is 48.5 Å². The van der Waals surface area contributed by atoms with Gasteiger partial charge in [-0.25, -0.2) is 0 Å².